The smallest absolute Gasteiger partial charge is 0.261 e. The Hall–Kier alpha value is -3.22. The van der Waals surface area contributed by atoms with Crippen LogP contribution in [0.15, 0.2) is 72.8 Å². The standard InChI is InChI=1S/C28H30Cl2N2O4/c1-3-15-31-28(34)24(16-20-9-5-4-6-10-20)32(18-21-13-14-22(29)17-23(21)30)27(33)19-36-26-12-8-7-11-25(26)35-2/h4-14,17,24H,3,15-16,18-19H2,1-2H3,(H,31,34)/t24-/m1/s1. The van der Waals surface area contributed by atoms with Gasteiger partial charge in [-0.2, -0.15) is 0 Å². The van der Waals surface area contributed by atoms with Gasteiger partial charge in [0.1, 0.15) is 6.04 Å². The van der Waals surface area contributed by atoms with E-state index in [9.17, 15) is 9.59 Å². The summed E-state index contributed by atoms with van der Waals surface area (Å²) in [4.78, 5) is 28.5. The number of carbonyl (C=O) groups is 2. The van der Waals surface area contributed by atoms with Gasteiger partial charge in [-0.05, 0) is 41.8 Å². The fraction of sp³-hybridized carbons (Fsp3) is 0.286. The quantitative estimate of drug-likeness (QED) is 0.334. The van der Waals surface area contributed by atoms with E-state index in [1.807, 2.05) is 43.3 Å². The summed E-state index contributed by atoms with van der Waals surface area (Å²) in [5.41, 5.74) is 1.60. The Morgan fingerprint density at radius 3 is 2.33 bits per heavy atom. The lowest BCUT2D eigenvalue weighted by Gasteiger charge is -2.31. The number of amides is 2. The number of carbonyl (C=O) groups excluding carboxylic acids is 2. The van der Waals surface area contributed by atoms with Gasteiger partial charge < -0.3 is 19.7 Å². The molecule has 8 heteroatoms. The molecule has 1 atom stereocenters. The molecule has 2 amide bonds. The van der Waals surface area contributed by atoms with Gasteiger partial charge in [0.05, 0.1) is 7.11 Å². The maximum Gasteiger partial charge on any atom is 0.261 e. The zero-order chi connectivity index (χ0) is 25.9. The summed E-state index contributed by atoms with van der Waals surface area (Å²) in [7, 11) is 1.53. The van der Waals surface area contributed by atoms with E-state index >= 15 is 0 Å². The number of rotatable bonds is 12. The first kappa shape index (κ1) is 27.4. The molecule has 1 N–H and O–H groups in total. The first-order chi connectivity index (χ1) is 17.4. The molecule has 0 aliphatic heterocycles. The van der Waals surface area contributed by atoms with E-state index in [1.54, 1.807) is 36.4 Å². The van der Waals surface area contributed by atoms with Crippen LogP contribution in [0.1, 0.15) is 24.5 Å². The predicted molar refractivity (Wildman–Crippen MR) is 143 cm³/mol. The minimum atomic E-state index is -0.778. The number of halogens is 2. The van der Waals surface area contributed by atoms with Crippen LogP contribution in [0.3, 0.4) is 0 Å². The molecule has 0 saturated carbocycles. The van der Waals surface area contributed by atoms with Gasteiger partial charge in [-0.1, -0.05) is 78.7 Å². The van der Waals surface area contributed by atoms with Crippen LogP contribution in [0.5, 0.6) is 11.5 Å². The Bertz CT molecular complexity index is 1160. The van der Waals surface area contributed by atoms with Gasteiger partial charge in [-0.3, -0.25) is 9.59 Å². The Balaban J connectivity index is 1.93. The molecule has 0 radical (unpaired) electrons. The largest absolute Gasteiger partial charge is 0.493 e. The summed E-state index contributed by atoms with van der Waals surface area (Å²) in [6.07, 6.45) is 1.11. The Kier molecular flexibility index (Phi) is 10.5. The molecule has 6 nitrogen and oxygen atoms in total. The Morgan fingerprint density at radius 1 is 0.972 bits per heavy atom. The predicted octanol–water partition coefficient (Wildman–Crippen LogP) is 5.55. The lowest BCUT2D eigenvalue weighted by atomic mass is 10.0. The topological polar surface area (TPSA) is 67.9 Å². The summed E-state index contributed by atoms with van der Waals surface area (Å²) >= 11 is 12.5. The molecule has 0 unspecified atom stereocenters. The van der Waals surface area contributed by atoms with Gasteiger partial charge in [0.25, 0.3) is 5.91 Å². The molecule has 190 valence electrons. The number of methoxy groups -OCH3 is 1. The van der Waals surface area contributed by atoms with Crippen molar-refractivity contribution in [3.63, 3.8) is 0 Å². The van der Waals surface area contributed by atoms with E-state index in [1.165, 1.54) is 12.0 Å². The van der Waals surface area contributed by atoms with Gasteiger partial charge in [-0.15, -0.1) is 0 Å². The fourth-order valence-corrected chi connectivity index (χ4v) is 4.18. The monoisotopic (exact) mass is 528 g/mol. The van der Waals surface area contributed by atoms with Gasteiger partial charge in [0.15, 0.2) is 18.1 Å². The van der Waals surface area contributed by atoms with Crippen LogP contribution < -0.4 is 14.8 Å². The second-order valence-electron chi connectivity index (χ2n) is 8.19. The second-order valence-corrected chi connectivity index (χ2v) is 9.04. The minimum absolute atomic E-state index is 0.112. The molecule has 0 heterocycles. The van der Waals surface area contributed by atoms with Gasteiger partial charge >= 0.3 is 0 Å². The highest BCUT2D eigenvalue weighted by Gasteiger charge is 2.31. The lowest BCUT2D eigenvalue weighted by molar-refractivity contribution is -0.142. The summed E-state index contributed by atoms with van der Waals surface area (Å²) < 4.78 is 11.1. The molecule has 3 rings (SSSR count). The van der Waals surface area contributed by atoms with Gasteiger partial charge in [0, 0.05) is 29.6 Å². The zero-order valence-corrected chi connectivity index (χ0v) is 21.9. The molecule has 0 aliphatic carbocycles. The van der Waals surface area contributed by atoms with Crippen molar-refractivity contribution >= 4 is 35.0 Å². The van der Waals surface area contributed by atoms with Crippen molar-refractivity contribution in [1.82, 2.24) is 10.2 Å². The van der Waals surface area contributed by atoms with Crippen LogP contribution in [0, 0.1) is 0 Å². The van der Waals surface area contributed by atoms with Crippen LogP contribution in [-0.2, 0) is 22.6 Å². The van der Waals surface area contributed by atoms with Crippen molar-refractivity contribution in [2.75, 3.05) is 20.3 Å². The third-order valence-electron chi connectivity index (χ3n) is 5.60. The number of ether oxygens (including phenoxy) is 2. The molecular formula is C28H30Cl2N2O4. The number of benzene rings is 3. The van der Waals surface area contributed by atoms with E-state index < -0.39 is 6.04 Å². The van der Waals surface area contributed by atoms with Crippen molar-refractivity contribution in [3.05, 3.63) is 94.0 Å². The van der Waals surface area contributed by atoms with Gasteiger partial charge in [0.2, 0.25) is 5.91 Å². The molecule has 0 aromatic heterocycles. The van der Waals surface area contributed by atoms with Crippen molar-refractivity contribution < 1.29 is 19.1 Å². The highest BCUT2D eigenvalue weighted by atomic mass is 35.5. The highest BCUT2D eigenvalue weighted by Crippen LogP contribution is 2.27. The maximum atomic E-state index is 13.6. The summed E-state index contributed by atoms with van der Waals surface area (Å²) in [5, 5.41) is 3.85. The average molecular weight is 529 g/mol. The highest BCUT2D eigenvalue weighted by molar-refractivity contribution is 6.35. The van der Waals surface area contributed by atoms with Crippen LogP contribution in [0.4, 0.5) is 0 Å². The summed E-state index contributed by atoms with van der Waals surface area (Å²) in [6.45, 7) is 2.31. The molecule has 36 heavy (non-hydrogen) atoms. The average Bonchev–Trinajstić information content (AvgIpc) is 2.89. The third-order valence-corrected chi connectivity index (χ3v) is 6.18. The number of nitrogens with one attached hydrogen (secondary N) is 1. The summed E-state index contributed by atoms with van der Waals surface area (Å²) in [5.74, 6) is 0.350. The third kappa shape index (κ3) is 7.64. The minimum Gasteiger partial charge on any atom is -0.493 e. The van der Waals surface area contributed by atoms with Gasteiger partial charge in [-0.25, -0.2) is 0 Å². The van der Waals surface area contributed by atoms with Crippen molar-refractivity contribution in [2.45, 2.75) is 32.4 Å². The maximum absolute atomic E-state index is 13.6. The Morgan fingerprint density at radius 2 is 1.67 bits per heavy atom. The fourth-order valence-electron chi connectivity index (χ4n) is 3.71. The zero-order valence-electron chi connectivity index (χ0n) is 20.4. The Labute approximate surface area is 222 Å². The van der Waals surface area contributed by atoms with E-state index in [-0.39, 0.29) is 25.0 Å². The molecule has 0 bridgehead atoms. The second kappa shape index (κ2) is 13.8. The normalized spacial score (nSPS) is 11.4. The molecule has 0 saturated heterocycles. The van der Waals surface area contributed by atoms with E-state index in [4.69, 9.17) is 32.7 Å². The van der Waals surface area contributed by atoms with E-state index in [0.717, 1.165) is 12.0 Å². The van der Waals surface area contributed by atoms with Crippen LogP contribution >= 0.6 is 23.2 Å². The SMILES string of the molecule is CCCNC(=O)[C@@H](Cc1ccccc1)N(Cc1ccc(Cl)cc1Cl)C(=O)COc1ccccc1OC. The summed E-state index contributed by atoms with van der Waals surface area (Å²) in [6, 6.07) is 21.0. The molecule has 0 aliphatic rings. The molecular weight excluding hydrogens is 499 g/mol. The lowest BCUT2D eigenvalue weighted by Crippen LogP contribution is -2.51. The molecule has 3 aromatic carbocycles. The van der Waals surface area contributed by atoms with Crippen LogP contribution in [0.2, 0.25) is 10.0 Å². The van der Waals surface area contributed by atoms with E-state index in [2.05, 4.69) is 5.32 Å². The first-order valence-electron chi connectivity index (χ1n) is 11.7. The van der Waals surface area contributed by atoms with Crippen LogP contribution in [0.25, 0.3) is 0 Å². The number of para-hydroxylation sites is 2. The number of hydrogen-bond acceptors (Lipinski definition) is 4. The van der Waals surface area contributed by atoms with Crippen molar-refractivity contribution in [2.24, 2.45) is 0 Å². The molecule has 3 aromatic rings. The number of hydrogen-bond donors (Lipinski definition) is 1. The van der Waals surface area contributed by atoms with E-state index in [0.29, 0.717) is 40.1 Å². The van der Waals surface area contributed by atoms with Crippen LogP contribution in [-0.4, -0.2) is 43.0 Å². The molecule has 0 fully saturated rings. The van der Waals surface area contributed by atoms with Crippen molar-refractivity contribution in [1.29, 1.82) is 0 Å². The number of nitrogens with zero attached hydrogens (tertiary/aromatic N) is 1. The first-order valence-corrected chi connectivity index (χ1v) is 12.5. The molecule has 0 spiro atoms. The van der Waals surface area contributed by atoms with Crippen molar-refractivity contribution in [3.8, 4) is 11.5 Å².